The van der Waals surface area contributed by atoms with E-state index < -0.39 is 0 Å². The van der Waals surface area contributed by atoms with Crippen LogP contribution in [0.4, 0.5) is 5.69 Å². The molecule has 1 aromatic rings. The number of benzene rings is 1. The Morgan fingerprint density at radius 3 is 2.45 bits per heavy atom. The number of carbonyl (C=O) groups is 1. The second kappa shape index (κ2) is 5.92. The molecule has 1 spiro atoms. The summed E-state index contributed by atoms with van der Waals surface area (Å²) in [4.78, 5) is 16.4. The van der Waals surface area contributed by atoms with Crippen molar-refractivity contribution in [2.24, 2.45) is 0 Å². The van der Waals surface area contributed by atoms with E-state index in [4.69, 9.17) is 4.74 Å². The minimum absolute atomic E-state index is 0.0640. The maximum atomic E-state index is 11.9. The van der Waals surface area contributed by atoms with Crippen molar-refractivity contribution in [2.75, 3.05) is 31.6 Å². The summed E-state index contributed by atoms with van der Waals surface area (Å²) in [5.41, 5.74) is 2.62. The van der Waals surface area contributed by atoms with Gasteiger partial charge in [0.05, 0.1) is 11.6 Å². The number of ether oxygens (including phenoxy) is 1. The van der Waals surface area contributed by atoms with Gasteiger partial charge in [-0.15, -0.1) is 0 Å². The van der Waals surface area contributed by atoms with Crippen LogP contribution in [0.2, 0.25) is 0 Å². The summed E-state index contributed by atoms with van der Waals surface area (Å²) in [6, 6.07) is 8.73. The van der Waals surface area contributed by atoms with E-state index in [1.54, 1.807) is 0 Å². The molecule has 2 heterocycles. The van der Waals surface area contributed by atoms with Gasteiger partial charge in [0.1, 0.15) is 0 Å². The van der Waals surface area contributed by atoms with E-state index in [1.807, 2.05) is 18.9 Å². The fourth-order valence-electron chi connectivity index (χ4n) is 3.92. The van der Waals surface area contributed by atoms with Gasteiger partial charge in [-0.05, 0) is 31.9 Å². The predicted molar refractivity (Wildman–Crippen MR) is 88.2 cm³/mol. The van der Waals surface area contributed by atoms with Crippen molar-refractivity contribution in [2.45, 2.75) is 44.8 Å². The maximum absolute atomic E-state index is 11.9. The quantitative estimate of drug-likeness (QED) is 0.860. The molecule has 4 nitrogen and oxygen atoms in total. The average molecular weight is 302 g/mol. The van der Waals surface area contributed by atoms with Gasteiger partial charge >= 0.3 is 0 Å². The standard InChI is InChI=1S/C18H26N2O2/c1-4-17(21)19-11-9-18(10-12-19)16(22-3)13-20(18)15-7-5-14(2)6-8-15/h5-8,16H,4,9-13H2,1-3H3. The van der Waals surface area contributed by atoms with Gasteiger partial charge in [0.15, 0.2) is 0 Å². The van der Waals surface area contributed by atoms with E-state index in [9.17, 15) is 4.79 Å². The first-order valence-corrected chi connectivity index (χ1v) is 8.25. The lowest BCUT2D eigenvalue weighted by Crippen LogP contribution is -2.74. The highest BCUT2D eigenvalue weighted by Crippen LogP contribution is 2.44. The van der Waals surface area contributed by atoms with E-state index in [1.165, 1.54) is 11.3 Å². The highest BCUT2D eigenvalue weighted by molar-refractivity contribution is 5.76. The van der Waals surface area contributed by atoms with Gasteiger partial charge in [0.25, 0.3) is 0 Å². The highest BCUT2D eigenvalue weighted by atomic mass is 16.5. The predicted octanol–water partition coefficient (Wildman–Crippen LogP) is 2.60. The topological polar surface area (TPSA) is 32.8 Å². The SMILES string of the molecule is CCC(=O)N1CCC2(CC1)C(OC)CN2c1ccc(C)cc1. The first-order chi connectivity index (χ1) is 10.6. The zero-order chi connectivity index (χ0) is 15.7. The zero-order valence-corrected chi connectivity index (χ0v) is 13.8. The molecule has 1 amide bonds. The minimum Gasteiger partial charge on any atom is -0.377 e. The summed E-state index contributed by atoms with van der Waals surface area (Å²) < 4.78 is 5.73. The Kier molecular flexibility index (Phi) is 4.13. The molecule has 1 atom stereocenters. The second-order valence-corrected chi connectivity index (χ2v) is 6.51. The second-order valence-electron chi connectivity index (χ2n) is 6.51. The van der Waals surface area contributed by atoms with Crippen LogP contribution in [0.3, 0.4) is 0 Å². The molecule has 2 saturated heterocycles. The van der Waals surface area contributed by atoms with E-state index in [2.05, 4.69) is 36.1 Å². The van der Waals surface area contributed by atoms with Gasteiger partial charge in [-0.25, -0.2) is 0 Å². The summed E-state index contributed by atoms with van der Waals surface area (Å²) in [6.07, 6.45) is 2.85. The van der Waals surface area contributed by atoms with Gasteiger partial charge < -0.3 is 14.5 Å². The van der Waals surface area contributed by atoms with Gasteiger partial charge in [-0.1, -0.05) is 24.6 Å². The van der Waals surface area contributed by atoms with Crippen molar-refractivity contribution in [1.29, 1.82) is 0 Å². The number of likely N-dealkylation sites (tertiary alicyclic amines) is 1. The number of anilines is 1. The fraction of sp³-hybridized carbons (Fsp3) is 0.611. The van der Waals surface area contributed by atoms with Crippen molar-refractivity contribution in [3.05, 3.63) is 29.8 Å². The van der Waals surface area contributed by atoms with Crippen LogP contribution in [0.1, 0.15) is 31.7 Å². The van der Waals surface area contributed by atoms with Crippen LogP contribution in [0.5, 0.6) is 0 Å². The van der Waals surface area contributed by atoms with Crippen LogP contribution >= 0.6 is 0 Å². The lowest BCUT2D eigenvalue weighted by atomic mass is 9.73. The number of rotatable bonds is 3. The lowest BCUT2D eigenvalue weighted by Gasteiger charge is -2.61. The van der Waals surface area contributed by atoms with E-state index >= 15 is 0 Å². The molecule has 3 rings (SSSR count). The van der Waals surface area contributed by atoms with Crippen molar-refractivity contribution >= 4 is 11.6 Å². The molecule has 0 radical (unpaired) electrons. The molecule has 0 saturated carbocycles. The molecule has 4 heteroatoms. The van der Waals surface area contributed by atoms with Gasteiger partial charge in [0, 0.05) is 38.9 Å². The van der Waals surface area contributed by atoms with Crippen molar-refractivity contribution in [3.8, 4) is 0 Å². The van der Waals surface area contributed by atoms with Gasteiger partial charge in [0.2, 0.25) is 5.91 Å². The van der Waals surface area contributed by atoms with Crippen molar-refractivity contribution in [1.82, 2.24) is 4.90 Å². The Bertz CT molecular complexity index is 533. The van der Waals surface area contributed by atoms with Crippen LogP contribution in [0, 0.1) is 6.92 Å². The summed E-state index contributed by atoms with van der Waals surface area (Å²) in [6.45, 7) is 6.68. The summed E-state index contributed by atoms with van der Waals surface area (Å²) in [5, 5.41) is 0. The van der Waals surface area contributed by atoms with Crippen LogP contribution in [-0.2, 0) is 9.53 Å². The zero-order valence-electron chi connectivity index (χ0n) is 13.8. The number of piperidine rings is 1. The molecule has 1 aromatic carbocycles. The third-order valence-electron chi connectivity index (χ3n) is 5.40. The molecule has 1 unspecified atom stereocenters. The number of aryl methyl sites for hydroxylation is 1. The fourth-order valence-corrected chi connectivity index (χ4v) is 3.92. The van der Waals surface area contributed by atoms with Crippen molar-refractivity contribution < 1.29 is 9.53 Å². The number of hydrogen-bond acceptors (Lipinski definition) is 3. The number of amides is 1. The molecule has 0 bridgehead atoms. The Morgan fingerprint density at radius 2 is 1.91 bits per heavy atom. The smallest absolute Gasteiger partial charge is 0.222 e. The van der Waals surface area contributed by atoms with Gasteiger partial charge in [-0.2, -0.15) is 0 Å². The molecule has 2 aliphatic heterocycles. The summed E-state index contributed by atoms with van der Waals surface area (Å²) in [5.74, 6) is 0.269. The van der Waals surface area contributed by atoms with Crippen LogP contribution in [0.15, 0.2) is 24.3 Å². The Morgan fingerprint density at radius 1 is 1.27 bits per heavy atom. The first kappa shape index (κ1) is 15.3. The number of carbonyl (C=O) groups excluding carboxylic acids is 1. The number of nitrogens with zero attached hydrogens (tertiary/aromatic N) is 2. The average Bonchev–Trinajstić information content (AvgIpc) is 2.55. The number of hydrogen-bond donors (Lipinski definition) is 0. The summed E-state index contributed by atoms with van der Waals surface area (Å²) in [7, 11) is 1.81. The highest BCUT2D eigenvalue weighted by Gasteiger charge is 2.55. The van der Waals surface area contributed by atoms with Crippen LogP contribution in [0.25, 0.3) is 0 Å². The molecule has 0 aromatic heterocycles. The third-order valence-corrected chi connectivity index (χ3v) is 5.40. The maximum Gasteiger partial charge on any atom is 0.222 e. The molecule has 22 heavy (non-hydrogen) atoms. The van der Waals surface area contributed by atoms with Gasteiger partial charge in [-0.3, -0.25) is 4.79 Å². The molecule has 0 aliphatic carbocycles. The molecule has 2 fully saturated rings. The minimum atomic E-state index is 0.0640. The normalized spacial score (nSPS) is 23.5. The first-order valence-electron chi connectivity index (χ1n) is 8.25. The number of methoxy groups -OCH3 is 1. The Labute approximate surface area is 133 Å². The largest absolute Gasteiger partial charge is 0.377 e. The summed E-state index contributed by atoms with van der Waals surface area (Å²) >= 11 is 0. The molecular formula is C18H26N2O2. The molecule has 2 aliphatic rings. The Balaban J connectivity index is 1.77. The molecule has 0 N–H and O–H groups in total. The lowest BCUT2D eigenvalue weighted by molar-refractivity contribution is -0.134. The van der Waals surface area contributed by atoms with Crippen LogP contribution in [-0.4, -0.2) is 49.2 Å². The van der Waals surface area contributed by atoms with E-state index in [-0.39, 0.29) is 17.6 Å². The van der Waals surface area contributed by atoms with E-state index in [0.29, 0.717) is 6.42 Å². The Hall–Kier alpha value is -1.55. The monoisotopic (exact) mass is 302 g/mol. The molecule has 120 valence electrons. The third kappa shape index (κ3) is 2.39. The van der Waals surface area contributed by atoms with E-state index in [0.717, 1.165) is 32.5 Å². The van der Waals surface area contributed by atoms with Crippen LogP contribution < -0.4 is 4.90 Å². The van der Waals surface area contributed by atoms with Crippen molar-refractivity contribution in [3.63, 3.8) is 0 Å². The molecular weight excluding hydrogens is 276 g/mol.